The number of nitrogens with zero attached hydrogens (tertiary/aromatic N) is 2. The van der Waals surface area contributed by atoms with Gasteiger partial charge in [-0.3, -0.25) is 9.59 Å². The van der Waals surface area contributed by atoms with Crippen LogP contribution in [-0.2, 0) is 28.7 Å². The molecule has 0 rings (SSSR count). The largest absolute Gasteiger partial charge is 0.456 e. The fourth-order valence-electron chi connectivity index (χ4n) is 1.13. The SMILES string of the molecule is CC(=O)OC(CO[N+](=O)[O-])C(CO[N+](=O)[O-])OC(C)=O. The van der Waals surface area contributed by atoms with Gasteiger partial charge in [-0.1, -0.05) is 0 Å². The zero-order chi connectivity index (χ0) is 15.7. The molecule has 0 spiro atoms. The fourth-order valence-corrected chi connectivity index (χ4v) is 1.13. The number of hydrogen-bond donors (Lipinski definition) is 0. The van der Waals surface area contributed by atoms with Crippen LogP contribution in [0.3, 0.4) is 0 Å². The number of carbonyl (C=O) groups excluding carboxylic acids is 2. The summed E-state index contributed by atoms with van der Waals surface area (Å²) < 4.78 is 9.30. The lowest BCUT2D eigenvalue weighted by molar-refractivity contribution is -0.763. The van der Waals surface area contributed by atoms with Gasteiger partial charge in [-0.2, -0.15) is 0 Å². The van der Waals surface area contributed by atoms with Gasteiger partial charge in [-0.25, -0.2) is 0 Å². The summed E-state index contributed by atoms with van der Waals surface area (Å²) in [6.45, 7) is 0.452. The zero-order valence-corrected chi connectivity index (χ0v) is 10.5. The highest BCUT2D eigenvalue weighted by Crippen LogP contribution is 2.08. The number of hydrogen-bond acceptors (Lipinski definition) is 10. The summed E-state index contributed by atoms with van der Waals surface area (Å²) in [7, 11) is 0. The van der Waals surface area contributed by atoms with Gasteiger partial charge < -0.3 is 19.1 Å². The summed E-state index contributed by atoms with van der Waals surface area (Å²) in [5.41, 5.74) is 0. The molecule has 0 radical (unpaired) electrons. The van der Waals surface area contributed by atoms with Crippen molar-refractivity contribution in [1.82, 2.24) is 0 Å². The molecule has 0 aromatic rings. The highest BCUT2D eigenvalue weighted by Gasteiger charge is 2.29. The van der Waals surface area contributed by atoms with Crippen molar-refractivity contribution in [3.05, 3.63) is 20.2 Å². The van der Waals surface area contributed by atoms with Crippen LogP contribution < -0.4 is 0 Å². The summed E-state index contributed by atoms with van der Waals surface area (Å²) in [6.07, 6.45) is -2.86. The van der Waals surface area contributed by atoms with Crippen LogP contribution in [0.1, 0.15) is 13.8 Å². The van der Waals surface area contributed by atoms with Crippen molar-refractivity contribution in [2.24, 2.45) is 0 Å². The molecule has 0 saturated heterocycles. The smallest absolute Gasteiger partial charge is 0.303 e. The van der Waals surface area contributed by atoms with Crippen LogP contribution >= 0.6 is 0 Å². The number of carbonyl (C=O) groups is 2. The minimum atomic E-state index is -1.43. The number of rotatable bonds is 9. The van der Waals surface area contributed by atoms with Gasteiger partial charge in [0.1, 0.15) is 13.2 Å². The van der Waals surface area contributed by atoms with E-state index in [0.717, 1.165) is 13.8 Å². The lowest BCUT2D eigenvalue weighted by atomic mass is 10.2. The Bertz CT molecular complexity index is 347. The maximum absolute atomic E-state index is 10.9. The van der Waals surface area contributed by atoms with Crippen molar-refractivity contribution in [1.29, 1.82) is 0 Å². The first-order valence-electron chi connectivity index (χ1n) is 5.11. The molecular weight excluding hydrogens is 284 g/mol. The van der Waals surface area contributed by atoms with E-state index in [1.165, 1.54) is 0 Å². The first-order valence-corrected chi connectivity index (χ1v) is 5.11. The summed E-state index contributed by atoms with van der Waals surface area (Å²) >= 11 is 0. The van der Waals surface area contributed by atoms with Crippen LogP contribution in [0, 0.1) is 20.2 Å². The van der Waals surface area contributed by atoms with Crippen molar-refractivity contribution in [2.45, 2.75) is 26.1 Å². The van der Waals surface area contributed by atoms with Gasteiger partial charge in [0.25, 0.3) is 10.2 Å². The van der Waals surface area contributed by atoms with E-state index in [-0.39, 0.29) is 0 Å². The summed E-state index contributed by atoms with van der Waals surface area (Å²) in [6, 6.07) is 0. The van der Waals surface area contributed by atoms with Crippen LogP contribution in [0.5, 0.6) is 0 Å². The van der Waals surface area contributed by atoms with Gasteiger partial charge in [-0.15, -0.1) is 20.2 Å². The van der Waals surface area contributed by atoms with Gasteiger partial charge in [-0.05, 0) is 0 Å². The molecule has 12 heteroatoms. The Kier molecular flexibility index (Phi) is 7.32. The third kappa shape index (κ3) is 8.43. The number of ether oxygens (including phenoxy) is 2. The van der Waals surface area contributed by atoms with E-state index >= 15 is 0 Å². The fraction of sp³-hybridized carbons (Fsp3) is 0.750. The molecule has 12 nitrogen and oxygen atoms in total. The monoisotopic (exact) mass is 296 g/mol. The molecule has 0 heterocycles. The van der Waals surface area contributed by atoms with E-state index < -0.39 is 47.5 Å². The first kappa shape index (κ1) is 17.3. The lowest BCUT2D eigenvalue weighted by Crippen LogP contribution is -2.41. The van der Waals surface area contributed by atoms with Gasteiger partial charge in [0, 0.05) is 13.8 Å². The molecule has 2 atom stereocenters. The zero-order valence-electron chi connectivity index (χ0n) is 10.5. The third-order valence-electron chi connectivity index (χ3n) is 1.74. The van der Waals surface area contributed by atoms with Crippen LogP contribution in [0.4, 0.5) is 0 Å². The van der Waals surface area contributed by atoms with E-state index in [2.05, 4.69) is 19.1 Å². The van der Waals surface area contributed by atoms with Crippen LogP contribution in [0.15, 0.2) is 0 Å². The van der Waals surface area contributed by atoms with Crippen molar-refractivity contribution < 1.29 is 38.9 Å². The van der Waals surface area contributed by atoms with Gasteiger partial charge >= 0.3 is 11.9 Å². The quantitative estimate of drug-likeness (QED) is 0.301. The third-order valence-corrected chi connectivity index (χ3v) is 1.74. The van der Waals surface area contributed by atoms with E-state index in [1.807, 2.05) is 0 Å². The van der Waals surface area contributed by atoms with Crippen LogP contribution in [0.2, 0.25) is 0 Å². The first-order chi connectivity index (χ1) is 9.22. The highest BCUT2D eigenvalue weighted by molar-refractivity contribution is 5.67. The van der Waals surface area contributed by atoms with Crippen molar-refractivity contribution >= 4 is 11.9 Å². The van der Waals surface area contributed by atoms with E-state index in [1.54, 1.807) is 0 Å². The molecular formula is C8H12N2O10. The van der Waals surface area contributed by atoms with E-state index in [9.17, 15) is 29.8 Å². The molecule has 0 amide bonds. The summed E-state index contributed by atoms with van der Waals surface area (Å²) in [5, 5.41) is 17.9. The standard InChI is InChI=1S/C8H12N2O10/c1-5(11)19-7(3-17-9(13)14)8(20-6(2)12)4-18-10(15)16/h7-8H,3-4H2,1-2H3. The van der Waals surface area contributed by atoms with Gasteiger partial charge in [0.15, 0.2) is 12.2 Å². The van der Waals surface area contributed by atoms with E-state index in [4.69, 9.17) is 0 Å². The van der Waals surface area contributed by atoms with Crippen molar-refractivity contribution in [3.63, 3.8) is 0 Å². The highest BCUT2D eigenvalue weighted by atomic mass is 17.0. The van der Waals surface area contributed by atoms with Crippen LogP contribution in [-0.4, -0.2) is 47.5 Å². The Morgan fingerprint density at radius 1 is 0.900 bits per heavy atom. The maximum atomic E-state index is 10.9. The van der Waals surface area contributed by atoms with Gasteiger partial charge in [0.05, 0.1) is 0 Å². The minimum absolute atomic E-state index is 0.772. The average Bonchev–Trinajstić information content (AvgIpc) is 2.28. The summed E-state index contributed by atoms with van der Waals surface area (Å²) in [5.74, 6) is -1.69. The van der Waals surface area contributed by atoms with Crippen molar-refractivity contribution in [3.8, 4) is 0 Å². The molecule has 2 unspecified atom stereocenters. The second kappa shape index (κ2) is 8.44. The molecule has 0 aliphatic carbocycles. The predicted molar refractivity (Wildman–Crippen MR) is 57.0 cm³/mol. The second-order valence-corrected chi connectivity index (χ2v) is 3.33. The predicted octanol–water partition coefficient (Wildman–Crippen LogP) is -0.734. The normalized spacial score (nSPS) is 12.7. The number of esters is 2. The Balaban J connectivity index is 4.83. The molecule has 114 valence electrons. The van der Waals surface area contributed by atoms with Crippen molar-refractivity contribution in [2.75, 3.05) is 13.2 Å². The minimum Gasteiger partial charge on any atom is -0.456 e. The molecule has 0 aliphatic heterocycles. The molecule has 0 fully saturated rings. The Labute approximate surface area is 111 Å². The Hall–Kier alpha value is -2.66. The lowest BCUT2D eigenvalue weighted by Gasteiger charge is -2.24. The summed E-state index contributed by atoms with van der Waals surface area (Å²) in [4.78, 5) is 49.9. The topological polar surface area (TPSA) is 157 Å². The Morgan fingerprint density at radius 2 is 1.20 bits per heavy atom. The molecule has 20 heavy (non-hydrogen) atoms. The Morgan fingerprint density at radius 3 is 1.40 bits per heavy atom. The molecule has 0 aromatic heterocycles. The van der Waals surface area contributed by atoms with E-state index in [0.29, 0.717) is 0 Å². The second-order valence-electron chi connectivity index (χ2n) is 3.33. The molecule has 0 aliphatic rings. The average molecular weight is 296 g/mol. The molecule has 0 bridgehead atoms. The van der Waals surface area contributed by atoms with Gasteiger partial charge in [0.2, 0.25) is 0 Å². The molecule has 0 aromatic carbocycles. The van der Waals surface area contributed by atoms with Crippen LogP contribution in [0.25, 0.3) is 0 Å². The molecule has 0 saturated carbocycles. The molecule has 0 N–H and O–H groups in total. The maximum Gasteiger partial charge on any atom is 0.303 e.